The lowest BCUT2D eigenvalue weighted by Gasteiger charge is -2.09. The summed E-state index contributed by atoms with van der Waals surface area (Å²) in [5.41, 5.74) is 0.872. The summed E-state index contributed by atoms with van der Waals surface area (Å²) in [6.07, 6.45) is 4.19. The lowest BCUT2D eigenvalue weighted by atomic mass is 10.2. The van der Waals surface area contributed by atoms with E-state index in [1.165, 1.54) is 18.2 Å². The summed E-state index contributed by atoms with van der Waals surface area (Å²) < 4.78 is 25.0. The average Bonchev–Trinajstić information content (AvgIpc) is 2.53. The van der Waals surface area contributed by atoms with Crippen molar-refractivity contribution in [3.8, 4) is 0 Å². The number of hydrogen-bond acceptors (Lipinski definition) is 4. The van der Waals surface area contributed by atoms with Crippen LogP contribution in [-0.4, -0.2) is 25.1 Å². The lowest BCUT2D eigenvalue weighted by Crippen LogP contribution is -2.20. The molecule has 0 aromatic heterocycles. The number of nitrogens with zero attached hydrogens (tertiary/aromatic N) is 1. The van der Waals surface area contributed by atoms with E-state index in [1.54, 1.807) is 24.3 Å². The highest BCUT2D eigenvalue weighted by Crippen LogP contribution is 2.16. The van der Waals surface area contributed by atoms with Crippen LogP contribution in [0.15, 0.2) is 76.8 Å². The van der Waals surface area contributed by atoms with Crippen LogP contribution in [0, 0.1) is 0 Å². The molecule has 0 saturated heterocycles. The molecular weight excluding hydrogens is 286 g/mol. The first kappa shape index (κ1) is 15.0. The summed E-state index contributed by atoms with van der Waals surface area (Å²) in [5, 5.41) is 10.6. The molecule has 0 spiro atoms. The van der Waals surface area contributed by atoms with Crippen molar-refractivity contribution >= 4 is 22.1 Å². The van der Waals surface area contributed by atoms with Crippen LogP contribution in [0.3, 0.4) is 0 Å². The monoisotopic (exact) mass is 301 g/mol. The van der Waals surface area contributed by atoms with Crippen LogP contribution in [0.4, 0.5) is 0 Å². The minimum Gasteiger partial charge on any atom is -0.411 e. The van der Waals surface area contributed by atoms with E-state index in [4.69, 9.17) is 5.21 Å². The molecule has 0 saturated carbocycles. The van der Waals surface area contributed by atoms with E-state index in [0.717, 1.165) is 11.8 Å². The maximum atomic E-state index is 12.5. The largest absolute Gasteiger partial charge is 0.411 e. The number of rotatable bonds is 5. The standard InChI is InChI=1S/C16H15NO3S/c18-17-13-16(12-11-14-7-3-1-4-8-14)21(19,20)15-9-5-2-6-10-15/h1-13,16,18H/b12-11+,17-13?. The molecule has 2 rings (SSSR count). The number of oxime groups is 1. The van der Waals surface area contributed by atoms with Crippen LogP contribution in [0.1, 0.15) is 5.56 Å². The van der Waals surface area contributed by atoms with Gasteiger partial charge in [0.05, 0.1) is 11.1 Å². The average molecular weight is 301 g/mol. The van der Waals surface area contributed by atoms with Crippen LogP contribution in [-0.2, 0) is 9.84 Å². The van der Waals surface area contributed by atoms with Gasteiger partial charge in [-0.25, -0.2) is 8.42 Å². The third-order valence-electron chi connectivity index (χ3n) is 2.92. The smallest absolute Gasteiger partial charge is 0.190 e. The van der Waals surface area contributed by atoms with E-state index in [2.05, 4.69) is 5.16 Å². The van der Waals surface area contributed by atoms with E-state index in [0.29, 0.717) is 0 Å². The summed E-state index contributed by atoms with van der Waals surface area (Å²) in [4.78, 5) is 0.188. The van der Waals surface area contributed by atoms with Crippen molar-refractivity contribution in [3.63, 3.8) is 0 Å². The first-order valence-electron chi connectivity index (χ1n) is 6.34. The first-order chi connectivity index (χ1) is 10.1. The zero-order chi connectivity index (χ0) is 15.1. The summed E-state index contributed by atoms with van der Waals surface area (Å²) in [6, 6.07) is 17.4. The Labute approximate surface area is 124 Å². The molecule has 0 aliphatic heterocycles. The minimum atomic E-state index is -3.63. The van der Waals surface area contributed by atoms with Gasteiger partial charge in [-0.05, 0) is 17.7 Å². The molecule has 0 amide bonds. The van der Waals surface area contributed by atoms with Crippen molar-refractivity contribution in [1.82, 2.24) is 0 Å². The molecule has 0 fully saturated rings. The molecule has 0 bridgehead atoms. The van der Waals surface area contributed by atoms with Gasteiger partial charge in [-0.1, -0.05) is 60.7 Å². The fourth-order valence-corrected chi connectivity index (χ4v) is 3.19. The highest BCUT2D eigenvalue weighted by Gasteiger charge is 2.23. The van der Waals surface area contributed by atoms with Crippen molar-refractivity contribution in [2.24, 2.45) is 5.16 Å². The third-order valence-corrected chi connectivity index (χ3v) is 4.85. The molecule has 108 valence electrons. The Morgan fingerprint density at radius 1 is 0.952 bits per heavy atom. The molecule has 0 aliphatic carbocycles. The molecule has 21 heavy (non-hydrogen) atoms. The van der Waals surface area contributed by atoms with Gasteiger partial charge in [-0.15, -0.1) is 5.16 Å². The van der Waals surface area contributed by atoms with Gasteiger partial charge in [0.1, 0.15) is 5.25 Å². The van der Waals surface area contributed by atoms with Gasteiger partial charge < -0.3 is 5.21 Å². The first-order valence-corrected chi connectivity index (χ1v) is 7.89. The molecule has 0 aliphatic rings. The predicted molar refractivity (Wildman–Crippen MR) is 83.2 cm³/mol. The van der Waals surface area contributed by atoms with E-state index < -0.39 is 15.1 Å². The van der Waals surface area contributed by atoms with Crippen LogP contribution in [0.5, 0.6) is 0 Å². The maximum absolute atomic E-state index is 12.5. The summed E-state index contributed by atoms with van der Waals surface area (Å²) in [5.74, 6) is 0. The number of benzene rings is 2. The summed E-state index contributed by atoms with van der Waals surface area (Å²) >= 11 is 0. The minimum absolute atomic E-state index is 0.188. The highest BCUT2D eigenvalue weighted by atomic mass is 32.2. The van der Waals surface area contributed by atoms with Crippen molar-refractivity contribution in [1.29, 1.82) is 0 Å². The molecule has 5 heteroatoms. The summed E-state index contributed by atoms with van der Waals surface area (Å²) in [6.45, 7) is 0. The Kier molecular flexibility index (Phi) is 4.90. The van der Waals surface area contributed by atoms with Gasteiger partial charge in [-0.2, -0.15) is 0 Å². The third kappa shape index (κ3) is 3.79. The van der Waals surface area contributed by atoms with Crippen LogP contribution >= 0.6 is 0 Å². The second-order valence-electron chi connectivity index (χ2n) is 4.36. The zero-order valence-electron chi connectivity index (χ0n) is 11.2. The Morgan fingerprint density at radius 2 is 1.52 bits per heavy atom. The van der Waals surface area contributed by atoms with Gasteiger partial charge in [0.2, 0.25) is 0 Å². The Morgan fingerprint density at radius 3 is 2.10 bits per heavy atom. The van der Waals surface area contributed by atoms with Crippen molar-refractivity contribution < 1.29 is 13.6 Å². The summed E-state index contributed by atoms with van der Waals surface area (Å²) in [7, 11) is -3.63. The molecule has 1 N–H and O–H groups in total. The van der Waals surface area contributed by atoms with Crippen LogP contribution < -0.4 is 0 Å². The maximum Gasteiger partial charge on any atom is 0.190 e. The quantitative estimate of drug-likeness (QED) is 0.524. The topological polar surface area (TPSA) is 66.7 Å². The molecule has 2 aromatic rings. The van der Waals surface area contributed by atoms with E-state index in [9.17, 15) is 8.42 Å². The molecule has 0 radical (unpaired) electrons. The van der Waals surface area contributed by atoms with Gasteiger partial charge >= 0.3 is 0 Å². The molecule has 0 heterocycles. The van der Waals surface area contributed by atoms with Gasteiger partial charge in [-0.3, -0.25) is 0 Å². The van der Waals surface area contributed by atoms with E-state index in [-0.39, 0.29) is 4.90 Å². The molecule has 1 unspecified atom stereocenters. The molecule has 1 atom stereocenters. The van der Waals surface area contributed by atoms with E-state index >= 15 is 0 Å². The van der Waals surface area contributed by atoms with Crippen molar-refractivity contribution in [3.05, 3.63) is 72.3 Å². The van der Waals surface area contributed by atoms with Crippen LogP contribution in [0.2, 0.25) is 0 Å². The molecular formula is C16H15NO3S. The van der Waals surface area contributed by atoms with Gasteiger partial charge in [0.15, 0.2) is 9.84 Å². The fourth-order valence-electron chi connectivity index (χ4n) is 1.84. The normalized spacial score (nSPS) is 13.7. The lowest BCUT2D eigenvalue weighted by molar-refractivity contribution is 0.321. The van der Waals surface area contributed by atoms with Gasteiger partial charge in [0, 0.05) is 0 Å². The molecule has 2 aromatic carbocycles. The zero-order valence-corrected chi connectivity index (χ0v) is 12.0. The Hall–Kier alpha value is -2.40. The Balaban J connectivity index is 2.34. The predicted octanol–water partition coefficient (Wildman–Crippen LogP) is 3.00. The highest BCUT2D eigenvalue weighted by molar-refractivity contribution is 7.93. The second-order valence-corrected chi connectivity index (χ2v) is 6.46. The van der Waals surface area contributed by atoms with Gasteiger partial charge in [0.25, 0.3) is 0 Å². The van der Waals surface area contributed by atoms with Crippen molar-refractivity contribution in [2.75, 3.05) is 0 Å². The second kappa shape index (κ2) is 6.85. The molecule has 4 nitrogen and oxygen atoms in total. The number of sulfone groups is 1. The SMILES string of the molecule is O=S(=O)(c1ccccc1)C(C=NO)/C=C/c1ccccc1. The van der Waals surface area contributed by atoms with Crippen LogP contribution in [0.25, 0.3) is 6.08 Å². The fraction of sp³-hybridized carbons (Fsp3) is 0.0625. The number of hydrogen-bond donors (Lipinski definition) is 1. The van der Waals surface area contributed by atoms with Crippen molar-refractivity contribution in [2.45, 2.75) is 10.1 Å². The Bertz CT molecular complexity index is 723. The van der Waals surface area contributed by atoms with E-state index in [1.807, 2.05) is 30.3 Å².